The second-order valence-corrected chi connectivity index (χ2v) is 5.42. The first kappa shape index (κ1) is 13.1. The zero-order valence-corrected chi connectivity index (χ0v) is 12.5. The topological polar surface area (TPSA) is 34.9 Å². The van der Waals surface area contributed by atoms with E-state index in [-0.39, 0.29) is 5.78 Å². The highest BCUT2D eigenvalue weighted by Crippen LogP contribution is 2.32. The fourth-order valence-corrected chi connectivity index (χ4v) is 2.91. The number of aromatic nitrogens is 2. The van der Waals surface area contributed by atoms with Gasteiger partial charge in [-0.3, -0.25) is 4.79 Å². The van der Waals surface area contributed by atoms with Crippen molar-refractivity contribution in [2.75, 3.05) is 0 Å². The van der Waals surface area contributed by atoms with Gasteiger partial charge in [-0.2, -0.15) is 0 Å². The normalized spacial score (nSPS) is 11.4. The number of benzene rings is 1. The molecule has 0 aliphatic rings. The molecule has 2 heterocycles. The Morgan fingerprint density at radius 1 is 1.35 bits per heavy atom. The van der Waals surface area contributed by atoms with Gasteiger partial charge >= 0.3 is 0 Å². The van der Waals surface area contributed by atoms with Gasteiger partial charge in [0.2, 0.25) is 0 Å². The maximum absolute atomic E-state index is 11.6. The van der Waals surface area contributed by atoms with Crippen molar-refractivity contribution in [2.45, 2.75) is 27.3 Å². The number of nitrogens with zero attached hydrogens (tertiary/aromatic N) is 2. The van der Waals surface area contributed by atoms with Crippen molar-refractivity contribution >= 4 is 39.3 Å². The van der Waals surface area contributed by atoms with Gasteiger partial charge in [0.15, 0.2) is 5.78 Å². The second kappa shape index (κ2) is 4.60. The minimum absolute atomic E-state index is 0.0130. The molecule has 0 amide bonds. The van der Waals surface area contributed by atoms with E-state index in [0.717, 1.165) is 34.0 Å². The molecule has 0 aliphatic carbocycles. The summed E-state index contributed by atoms with van der Waals surface area (Å²) in [5.74, 6) is -0.0130. The lowest BCUT2D eigenvalue weighted by atomic mass is 10.1. The zero-order chi connectivity index (χ0) is 14.4. The van der Waals surface area contributed by atoms with Gasteiger partial charge in [0, 0.05) is 29.3 Å². The number of Topliss-reactive ketones (excluding diaryl/α,β-unsaturated/α-hetero) is 1. The van der Waals surface area contributed by atoms with Crippen LogP contribution in [0.5, 0.6) is 0 Å². The molecule has 0 saturated carbocycles. The Hall–Kier alpha value is -1.87. The molecule has 0 spiro atoms. The maximum Gasteiger partial charge on any atom is 0.178 e. The molecule has 0 saturated heterocycles. The summed E-state index contributed by atoms with van der Waals surface area (Å²) in [6.07, 6.45) is 0. The highest BCUT2D eigenvalue weighted by molar-refractivity contribution is 6.31. The first-order chi connectivity index (χ1) is 9.52. The van der Waals surface area contributed by atoms with Crippen LogP contribution < -0.4 is 0 Å². The smallest absolute Gasteiger partial charge is 0.178 e. The number of carbonyl (C=O) groups excluding carboxylic acids is 1. The molecule has 102 valence electrons. The van der Waals surface area contributed by atoms with Crippen LogP contribution in [0.1, 0.15) is 29.9 Å². The highest BCUT2D eigenvalue weighted by atomic mass is 35.5. The summed E-state index contributed by atoms with van der Waals surface area (Å²) in [4.78, 5) is 16.2. The molecule has 1 aromatic carbocycles. The van der Waals surface area contributed by atoms with Crippen LogP contribution in [0.2, 0.25) is 5.02 Å². The molecule has 20 heavy (non-hydrogen) atoms. The lowest BCUT2D eigenvalue weighted by Gasteiger charge is -2.04. The zero-order valence-electron chi connectivity index (χ0n) is 11.7. The second-order valence-electron chi connectivity index (χ2n) is 4.98. The van der Waals surface area contributed by atoms with Crippen molar-refractivity contribution in [3.05, 3.63) is 40.5 Å². The van der Waals surface area contributed by atoms with Gasteiger partial charge in [-0.1, -0.05) is 11.6 Å². The Bertz CT molecular complexity index is 849. The predicted molar refractivity (Wildman–Crippen MR) is 82.7 cm³/mol. The fraction of sp³-hybridized carbons (Fsp3) is 0.250. The third-order valence-electron chi connectivity index (χ3n) is 3.65. The molecule has 4 heteroatoms. The Balaban J connectivity index is 2.55. The van der Waals surface area contributed by atoms with Crippen molar-refractivity contribution in [1.29, 1.82) is 0 Å². The fourth-order valence-electron chi connectivity index (χ4n) is 2.74. The summed E-state index contributed by atoms with van der Waals surface area (Å²) < 4.78 is 2.13. The van der Waals surface area contributed by atoms with Crippen LogP contribution in [-0.4, -0.2) is 15.3 Å². The summed E-state index contributed by atoms with van der Waals surface area (Å²) in [6, 6.07) is 7.71. The number of pyridine rings is 1. The third-order valence-corrected chi connectivity index (χ3v) is 3.88. The summed E-state index contributed by atoms with van der Waals surface area (Å²) >= 11 is 6.12. The number of halogens is 1. The molecule has 0 aliphatic heterocycles. The van der Waals surface area contributed by atoms with Gasteiger partial charge in [0.05, 0.1) is 5.52 Å². The van der Waals surface area contributed by atoms with E-state index in [1.165, 1.54) is 0 Å². The Kier molecular flexibility index (Phi) is 3.02. The number of hydrogen-bond donors (Lipinski definition) is 0. The van der Waals surface area contributed by atoms with E-state index in [1.54, 1.807) is 6.92 Å². The predicted octanol–water partition coefficient (Wildman–Crippen LogP) is 4.37. The molecule has 0 bridgehead atoms. The van der Waals surface area contributed by atoms with E-state index in [0.29, 0.717) is 10.7 Å². The molecule has 0 N–H and O–H groups in total. The summed E-state index contributed by atoms with van der Waals surface area (Å²) in [5, 5.41) is 2.88. The average Bonchev–Trinajstić information content (AvgIpc) is 2.71. The molecule has 3 nitrogen and oxygen atoms in total. The quantitative estimate of drug-likeness (QED) is 0.656. The Morgan fingerprint density at radius 2 is 2.10 bits per heavy atom. The van der Waals surface area contributed by atoms with Crippen molar-refractivity contribution in [3.8, 4) is 0 Å². The van der Waals surface area contributed by atoms with Crippen molar-refractivity contribution < 1.29 is 4.79 Å². The first-order valence-electron chi connectivity index (χ1n) is 6.63. The van der Waals surface area contributed by atoms with E-state index in [9.17, 15) is 4.79 Å². The van der Waals surface area contributed by atoms with Crippen LogP contribution in [-0.2, 0) is 6.54 Å². The summed E-state index contributed by atoms with van der Waals surface area (Å²) in [5.41, 5.74) is 3.52. The van der Waals surface area contributed by atoms with Gasteiger partial charge in [0.25, 0.3) is 0 Å². The maximum atomic E-state index is 11.6. The number of carbonyl (C=O) groups is 1. The molecular weight excluding hydrogens is 272 g/mol. The van der Waals surface area contributed by atoms with Crippen LogP contribution in [0.3, 0.4) is 0 Å². The Morgan fingerprint density at radius 3 is 2.75 bits per heavy atom. The van der Waals surface area contributed by atoms with Gasteiger partial charge in [-0.15, -0.1) is 0 Å². The van der Waals surface area contributed by atoms with E-state index in [4.69, 9.17) is 11.6 Å². The van der Waals surface area contributed by atoms with Crippen molar-refractivity contribution in [2.24, 2.45) is 0 Å². The first-order valence-corrected chi connectivity index (χ1v) is 7.00. The summed E-state index contributed by atoms with van der Waals surface area (Å²) in [7, 11) is 0. The number of hydrogen-bond acceptors (Lipinski definition) is 2. The van der Waals surface area contributed by atoms with Gasteiger partial charge < -0.3 is 4.57 Å². The molecule has 0 unspecified atom stereocenters. The van der Waals surface area contributed by atoms with Crippen LogP contribution in [0, 0.1) is 6.92 Å². The molecule has 0 fully saturated rings. The monoisotopic (exact) mass is 286 g/mol. The van der Waals surface area contributed by atoms with Gasteiger partial charge in [-0.05, 0) is 43.7 Å². The van der Waals surface area contributed by atoms with Crippen molar-refractivity contribution in [3.63, 3.8) is 0 Å². The molecule has 2 aromatic heterocycles. The minimum atomic E-state index is -0.0130. The van der Waals surface area contributed by atoms with Crippen LogP contribution in [0.25, 0.3) is 21.9 Å². The van der Waals surface area contributed by atoms with Crippen molar-refractivity contribution in [1.82, 2.24) is 9.55 Å². The Labute approximate surface area is 122 Å². The standard InChI is InChI=1S/C16H15ClN2O/c1-4-19-14-6-5-11(17)8-12(14)15-9(2)7-13(10(3)20)18-16(15)19/h5-8H,4H2,1-3H3. The molecule has 3 aromatic rings. The largest absolute Gasteiger partial charge is 0.326 e. The molecule has 3 rings (SSSR count). The third kappa shape index (κ3) is 1.81. The number of aryl methyl sites for hydroxylation is 2. The van der Waals surface area contributed by atoms with Crippen LogP contribution >= 0.6 is 11.6 Å². The number of rotatable bonds is 2. The SMILES string of the molecule is CCn1c2ccc(Cl)cc2c2c(C)cc(C(C)=O)nc21. The molecule has 0 atom stereocenters. The van der Waals surface area contributed by atoms with Gasteiger partial charge in [0.1, 0.15) is 11.3 Å². The lowest BCUT2D eigenvalue weighted by molar-refractivity contribution is 0.101. The van der Waals surface area contributed by atoms with E-state index in [1.807, 2.05) is 31.2 Å². The molecule has 0 radical (unpaired) electrons. The summed E-state index contributed by atoms with van der Waals surface area (Å²) in [6.45, 7) is 6.43. The van der Waals surface area contributed by atoms with Gasteiger partial charge in [-0.25, -0.2) is 4.98 Å². The van der Waals surface area contributed by atoms with Crippen LogP contribution in [0.4, 0.5) is 0 Å². The number of fused-ring (bicyclic) bond motifs is 3. The molecular formula is C16H15ClN2O. The van der Waals surface area contributed by atoms with E-state index >= 15 is 0 Å². The number of ketones is 1. The van der Waals surface area contributed by atoms with Crippen LogP contribution in [0.15, 0.2) is 24.3 Å². The van der Waals surface area contributed by atoms with E-state index < -0.39 is 0 Å². The minimum Gasteiger partial charge on any atom is -0.326 e. The lowest BCUT2D eigenvalue weighted by Crippen LogP contribution is -2.01. The van der Waals surface area contributed by atoms with E-state index in [2.05, 4.69) is 16.5 Å². The highest BCUT2D eigenvalue weighted by Gasteiger charge is 2.15. The average molecular weight is 287 g/mol.